The highest BCUT2D eigenvalue weighted by atomic mass is 32.2. The number of aryl methyl sites for hydroxylation is 1. The van der Waals surface area contributed by atoms with Gasteiger partial charge in [-0.05, 0) is 62.7 Å². The number of hydrogen-bond donors (Lipinski definition) is 1. The van der Waals surface area contributed by atoms with Crippen molar-refractivity contribution in [1.29, 1.82) is 0 Å². The van der Waals surface area contributed by atoms with Crippen LogP contribution in [0.2, 0.25) is 0 Å². The van der Waals surface area contributed by atoms with Crippen LogP contribution < -0.4 is 19.1 Å². The fourth-order valence-electron chi connectivity index (χ4n) is 4.36. The number of amides is 2. The molecule has 1 atom stereocenters. The molecule has 212 valence electrons. The van der Waals surface area contributed by atoms with Crippen molar-refractivity contribution in [2.24, 2.45) is 0 Å². The zero-order valence-corrected chi connectivity index (χ0v) is 23.4. The SMILES string of the molecule is CCNC(=O)[C@H](C)N(Cc1cccc(C)c1)C(=O)CN(c1ccc(F)cc1)S(=O)(=O)c1ccc2c(c1)OCCO2. The maximum atomic E-state index is 14.0. The number of rotatable bonds is 10. The Bertz CT molecular complexity index is 1480. The zero-order valence-electron chi connectivity index (χ0n) is 22.6. The van der Waals surface area contributed by atoms with E-state index in [-0.39, 0.29) is 35.4 Å². The number of likely N-dealkylation sites (N-methyl/N-ethyl adjacent to an activating group) is 1. The summed E-state index contributed by atoms with van der Waals surface area (Å²) in [5.41, 5.74) is 1.85. The molecule has 4 rings (SSSR count). The van der Waals surface area contributed by atoms with Crippen molar-refractivity contribution in [2.75, 3.05) is 30.6 Å². The van der Waals surface area contributed by atoms with E-state index >= 15 is 0 Å². The fraction of sp³-hybridized carbons (Fsp3) is 0.310. The summed E-state index contributed by atoms with van der Waals surface area (Å²) < 4.78 is 53.7. The van der Waals surface area contributed by atoms with E-state index in [1.54, 1.807) is 13.8 Å². The van der Waals surface area contributed by atoms with Crippen molar-refractivity contribution < 1.29 is 31.9 Å². The predicted molar refractivity (Wildman–Crippen MR) is 148 cm³/mol. The maximum absolute atomic E-state index is 14.0. The summed E-state index contributed by atoms with van der Waals surface area (Å²) >= 11 is 0. The van der Waals surface area contributed by atoms with Gasteiger partial charge in [0.1, 0.15) is 31.6 Å². The minimum Gasteiger partial charge on any atom is -0.486 e. The average molecular weight is 570 g/mol. The van der Waals surface area contributed by atoms with Crippen LogP contribution in [0.5, 0.6) is 11.5 Å². The molecule has 9 nitrogen and oxygen atoms in total. The molecule has 1 aliphatic rings. The van der Waals surface area contributed by atoms with E-state index in [0.717, 1.165) is 27.6 Å². The van der Waals surface area contributed by atoms with Gasteiger partial charge in [-0.2, -0.15) is 0 Å². The molecule has 1 aliphatic heterocycles. The number of nitrogens with one attached hydrogen (secondary N) is 1. The molecule has 0 fully saturated rings. The number of hydrogen-bond acceptors (Lipinski definition) is 6. The third kappa shape index (κ3) is 6.53. The third-order valence-electron chi connectivity index (χ3n) is 6.45. The summed E-state index contributed by atoms with van der Waals surface area (Å²) in [7, 11) is -4.34. The lowest BCUT2D eigenvalue weighted by molar-refractivity contribution is -0.139. The molecule has 0 aromatic heterocycles. The fourth-order valence-corrected chi connectivity index (χ4v) is 5.79. The highest BCUT2D eigenvalue weighted by molar-refractivity contribution is 7.92. The largest absolute Gasteiger partial charge is 0.486 e. The van der Waals surface area contributed by atoms with Crippen molar-refractivity contribution in [3.63, 3.8) is 0 Å². The first-order valence-electron chi connectivity index (χ1n) is 12.9. The molecule has 0 unspecified atom stereocenters. The molecule has 0 saturated heterocycles. The van der Waals surface area contributed by atoms with E-state index in [9.17, 15) is 22.4 Å². The van der Waals surface area contributed by atoms with Crippen LogP contribution in [-0.4, -0.2) is 57.5 Å². The second-order valence-electron chi connectivity index (χ2n) is 9.37. The molecule has 2 amide bonds. The second kappa shape index (κ2) is 12.4. The standard InChI is InChI=1S/C29H32FN3O6S/c1-4-31-29(35)21(3)32(18-22-7-5-6-20(2)16-22)28(34)19-33(24-10-8-23(30)9-11-24)40(36,37)25-12-13-26-27(17-25)39-15-14-38-26/h5-13,16-17,21H,4,14-15,18-19H2,1-3H3,(H,31,35)/t21-/m0/s1. The van der Waals surface area contributed by atoms with E-state index in [1.807, 2.05) is 31.2 Å². The number of benzene rings is 3. The van der Waals surface area contributed by atoms with Gasteiger partial charge >= 0.3 is 0 Å². The van der Waals surface area contributed by atoms with Gasteiger partial charge in [-0.25, -0.2) is 12.8 Å². The maximum Gasteiger partial charge on any atom is 0.264 e. The van der Waals surface area contributed by atoms with Crippen LogP contribution in [0.15, 0.2) is 71.6 Å². The smallest absolute Gasteiger partial charge is 0.264 e. The first-order valence-corrected chi connectivity index (χ1v) is 14.3. The molecule has 11 heteroatoms. The minimum atomic E-state index is -4.34. The van der Waals surface area contributed by atoms with Crippen LogP contribution in [0.1, 0.15) is 25.0 Å². The van der Waals surface area contributed by atoms with Crippen LogP contribution >= 0.6 is 0 Å². The molecule has 3 aromatic rings. The number of sulfonamides is 1. The molecular formula is C29H32FN3O6S. The number of ether oxygens (including phenoxy) is 2. The van der Waals surface area contributed by atoms with Gasteiger partial charge in [0.25, 0.3) is 10.0 Å². The van der Waals surface area contributed by atoms with E-state index < -0.39 is 34.3 Å². The summed E-state index contributed by atoms with van der Waals surface area (Å²) in [6, 6.07) is 15.6. The zero-order chi connectivity index (χ0) is 28.9. The number of carbonyl (C=O) groups is 2. The molecular weight excluding hydrogens is 537 g/mol. The van der Waals surface area contributed by atoms with Gasteiger partial charge in [-0.1, -0.05) is 29.8 Å². The Kier molecular flexibility index (Phi) is 8.93. The molecule has 0 aliphatic carbocycles. The molecule has 0 saturated carbocycles. The van der Waals surface area contributed by atoms with Gasteiger partial charge < -0.3 is 19.7 Å². The Hall–Kier alpha value is -4.12. The Balaban J connectivity index is 1.72. The molecule has 0 bridgehead atoms. The summed E-state index contributed by atoms with van der Waals surface area (Å²) in [4.78, 5) is 27.9. The molecule has 1 N–H and O–H groups in total. The first-order chi connectivity index (χ1) is 19.1. The monoisotopic (exact) mass is 569 g/mol. The van der Waals surface area contributed by atoms with Crippen molar-refractivity contribution in [1.82, 2.24) is 10.2 Å². The van der Waals surface area contributed by atoms with E-state index in [0.29, 0.717) is 18.9 Å². The Labute approximate surface area is 233 Å². The highest BCUT2D eigenvalue weighted by Gasteiger charge is 2.33. The van der Waals surface area contributed by atoms with Crippen molar-refractivity contribution in [3.8, 4) is 11.5 Å². The van der Waals surface area contributed by atoms with Gasteiger partial charge in [0.05, 0.1) is 10.6 Å². The molecule has 40 heavy (non-hydrogen) atoms. The Morgan fingerprint density at radius 3 is 2.38 bits per heavy atom. The van der Waals surface area contributed by atoms with Crippen LogP contribution in [-0.2, 0) is 26.2 Å². The Morgan fingerprint density at radius 2 is 1.70 bits per heavy atom. The van der Waals surface area contributed by atoms with E-state index in [2.05, 4.69) is 5.32 Å². The number of carbonyl (C=O) groups excluding carboxylic acids is 2. The van der Waals surface area contributed by atoms with Crippen LogP contribution in [0, 0.1) is 12.7 Å². The summed E-state index contributed by atoms with van der Waals surface area (Å²) in [6.45, 7) is 5.72. The molecule has 1 heterocycles. The lowest BCUT2D eigenvalue weighted by Gasteiger charge is -2.32. The van der Waals surface area contributed by atoms with Crippen LogP contribution in [0.25, 0.3) is 0 Å². The number of fused-ring (bicyclic) bond motifs is 1. The normalized spacial score (nSPS) is 13.3. The number of anilines is 1. The van der Waals surface area contributed by atoms with Gasteiger partial charge in [-0.3, -0.25) is 13.9 Å². The minimum absolute atomic E-state index is 0.0835. The van der Waals surface area contributed by atoms with E-state index in [1.165, 1.54) is 35.2 Å². The van der Waals surface area contributed by atoms with Crippen molar-refractivity contribution >= 4 is 27.5 Å². The highest BCUT2D eigenvalue weighted by Crippen LogP contribution is 2.34. The number of nitrogens with zero attached hydrogens (tertiary/aromatic N) is 2. The summed E-state index contributed by atoms with van der Waals surface area (Å²) in [5, 5.41) is 2.72. The lowest BCUT2D eigenvalue weighted by Crippen LogP contribution is -2.51. The molecule has 3 aromatic carbocycles. The topological polar surface area (TPSA) is 105 Å². The number of halogens is 1. The van der Waals surface area contributed by atoms with Crippen molar-refractivity contribution in [2.45, 2.75) is 38.3 Å². The van der Waals surface area contributed by atoms with Crippen LogP contribution in [0.3, 0.4) is 0 Å². The van der Waals surface area contributed by atoms with Crippen molar-refractivity contribution in [3.05, 3.63) is 83.7 Å². The van der Waals surface area contributed by atoms with Gasteiger partial charge in [0, 0.05) is 19.2 Å². The lowest BCUT2D eigenvalue weighted by atomic mass is 10.1. The van der Waals surface area contributed by atoms with Gasteiger partial charge in [0.15, 0.2) is 11.5 Å². The second-order valence-corrected chi connectivity index (χ2v) is 11.2. The third-order valence-corrected chi connectivity index (χ3v) is 8.22. The predicted octanol–water partition coefficient (Wildman–Crippen LogP) is 3.65. The van der Waals surface area contributed by atoms with Crippen LogP contribution in [0.4, 0.5) is 10.1 Å². The molecule has 0 spiro atoms. The average Bonchev–Trinajstić information content (AvgIpc) is 2.94. The van der Waals surface area contributed by atoms with Gasteiger partial charge in [-0.15, -0.1) is 0 Å². The Morgan fingerprint density at radius 1 is 1.00 bits per heavy atom. The first kappa shape index (κ1) is 28.9. The van der Waals surface area contributed by atoms with E-state index in [4.69, 9.17) is 9.47 Å². The summed E-state index contributed by atoms with van der Waals surface area (Å²) in [6.07, 6.45) is 0. The van der Waals surface area contributed by atoms with Gasteiger partial charge in [0.2, 0.25) is 11.8 Å². The summed E-state index contributed by atoms with van der Waals surface area (Å²) in [5.74, 6) is -0.853. The quantitative estimate of drug-likeness (QED) is 0.400. The molecule has 0 radical (unpaired) electrons.